The molecule has 1 aromatic rings. The van der Waals surface area contributed by atoms with Crippen LogP contribution < -0.4 is 5.32 Å². The minimum Gasteiger partial charge on any atom is -0.480 e. The van der Waals surface area contributed by atoms with Crippen molar-refractivity contribution in [2.45, 2.75) is 12.0 Å². The van der Waals surface area contributed by atoms with Crippen molar-refractivity contribution >= 4 is 11.9 Å². The summed E-state index contributed by atoms with van der Waals surface area (Å²) in [6.45, 7) is 3.05. The number of carboxylic acid groups (broad SMARTS) is 2. The summed E-state index contributed by atoms with van der Waals surface area (Å²) >= 11 is 0. The Labute approximate surface area is 105 Å². The van der Waals surface area contributed by atoms with Gasteiger partial charge in [0, 0.05) is 6.42 Å². The first-order valence-corrected chi connectivity index (χ1v) is 5.38. The van der Waals surface area contributed by atoms with Crippen LogP contribution in [-0.4, -0.2) is 34.2 Å². The van der Waals surface area contributed by atoms with Gasteiger partial charge in [0.15, 0.2) is 0 Å². The van der Waals surface area contributed by atoms with E-state index in [0.29, 0.717) is 0 Å². The Balaban J connectivity index is 2.93. The Hall–Kier alpha value is -2.14. The number of carboxylic acids is 2. The average molecular weight is 249 g/mol. The van der Waals surface area contributed by atoms with Crippen LogP contribution >= 0.6 is 0 Å². The van der Waals surface area contributed by atoms with Crippen LogP contribution in [0.4, 0.5) is 0 Å². The van der Waals surface area contributed by atoms with Crippen LogP contribution in [0.25, 0.3) is 0 Å². The van der Waals surface area contributed by atoms with E-state index in [1.165, 1.54) is 6.08 Å². The fourth-order valence-electron chi connectivity index (χ4n) is 1.60. The van der Waals surface area contributed by atoms with Crippen molar-refractivity contribution in [2.24, 2.45) is 0 Å². The molecular weight excluding hydrogens is 234 g/mol. The summed E-state index contributed by atoms with van der Waals surface area (Å²) in [7, 11) is 0. The fourth-order valence-corrected chi connectivity index (χ4v) is 1.60. The van der Waals surface area contributed by atoms with Crippen LogP contribution in [0.3, 0.4) is 0 Å². The van der Waals surface area contributed by atoms with Gasteiger partial charge in [-0.2, -0.15) is 0 Å². The molecule has 96 valence electrons. The van der Waals surface area contributed by atoms with E-state index in [9.17, 15) is 14.7 Å². The molecule has 0 aliphatic rings. The lowest BCUT2D eigenvalue weighted by Crippen LogP contribution is -2.53. The number of hydrogen-bond donors (Lipinski definition) is 3. The zero-order chi connectivity index (χ0) is 13.6. The van der Waals surface area contributed by atoms with Crippen molar-refractivity contribution in [2.75, 3.05) is 6.54 Å². The second kappa shape index (κ2) is 5.97. The zero-order valence-electron chi connectivity index (χ0n) is 9.80. The van der Waals surface area contributed by atoms with Gasteiger partial charge in [-0.25, -0.2) is 4.79 Å². The zero-order valence-corrected chi connectivity index (χ0v) is 9.80. The molecule has 1 atom stereocenters. The first-order chi connectivity index (χ1) is 8.50. The molecule has 3 N–H and O–H groups in total. The fraction of sp³-hybridized carbons (Fsp3) is 0.231. The number of rotatable bonds is 7. The average Bonchev–Trinajstić information content (AvgIpc) is 2.35. The maximum absolute atomic E-state index is 11.3. The van der Waals surface area contributed by atoms with Gasteiger partial charge in [-0.05, 0) is 5.56 Å². The standard InChI is InChI=1S/C13H15NO4/c1-2-13(12(17)18,14-9-11(15)16)8-10-6-4-3-5-7-10/h2-7,14H,1,8-9H2,(H,15,16)(H,17,18). The molecule has 1 aromatic carbocycles. The molecule has 0 heterocycles. The molecule has 0 aromatic heterocycles. The van der Waals surface area contributed by atoms with Gasteiger partial charge in [-0.3, -0.25) is 10.1 Å². The summed E-state index contributed by atoms with van der Waals surface area (Å²) in [4.78, 5) is 21.9. The Morgan fingerprint density at radius 1 is 1.28 bits per heavy atom. The molecule has 0 fully saturated rings. The summed E-state index contributed by atoms with van der Waals surface area (Å²) in [6.07, 6.45) is 1.37. The maximum atomic E-state index is 11.3. The lowest BCUT2D eigenvalue weighted by atomic mass is 9.91. The van der Waals surface area contributed by atoms with Gasteiger partial charge in [0.05, 0.1) is 6.54 Å². The van der Waals surface area contributed by atoms with E-state index < -0.39 is 24.0 Å². The van der Waals surface area contributed by atoms with Crippen molar-refractivity contribution in [1.29, 1.82) is 0 Å². The number of aliphatic carboxylic acids is 2. The van der Waals surface area contributed by atoms with E-state index in [-0.39, 0.29) is 6.42 Å². The second-order valence-electron chi connectivity index (χ2n) is 3.89. The van der Waals surface area contributed by atoms with Crippen LogP contribution in [-0.2, 0) is 16.0 Å². The molecule has 0 saturated heterocycles. The summed E-state index contributed by atoms with van der Waals surface area (Å²) in [5.41, 5.74) is -0.683. The molecule has 5 nitrogen and oxygen atoms in total. The van der Waals surface area contributed by atoms with Crippen molar-refractivity contribution in [1.82, 2.24) is 5.32 Å². The van der Waals surface area contributed by atoms with E-state index >= 15 is 0 Å². The summed E-state index contributed by atoms with van der Waals surface area (Å²) in [6, 6.07) is 8.97. The van der Waals surface area contributed by atoms with Gasteiger partial charge in [-0.1, -0.05) is 36.4 Å². The summed E-state index contributed by atoms with van der Waals surface area (Å²) < 4.78 is 0. The monoisotopic (exact) mass is 249 g/mol. The highest BCUT2D eigenvalue weighted by molar-refractivity contribution is 5.83. The lowest BCUT2D eigenvalue weighted by molar-refractivity contribution is -0.143. The van der Waals surface area contributed by atoms with Crippen molar-refractivity contribution in [3.8, 4) is 0 Å². The normalized spacial score (nSPS) is 13.6. The van der Waals surface area contributed by atoms with Gasteiger partial charge in [0.2, 0.25) is 0 Å². The molecule has 0 spiro atoms. The molecular formula is C13H15NO4. The molecule has 18 heavy (non-hydrogen) atoms. The minimum absolute atomic E-state index is 0.139. The molecule has 0 amide bonds. The van der Waals surface area contributed by atoms with E-state index in [1.807, 2.05) is 6.07 Å². The summed E-state index contributed by atoms with van der Waals surface area (Å²) in [5, 5.41) is 20.4. The van der Waals surface area contributed by atoms with Gasteiger partial charge in [0.1, 0.15) is 5.54 Å². The van der Waals surface area contributed by atoms with Gasteiger partial charge in [0.25, 0.3) is 0 Å². The second-order valence-corrected chi connectivity index (χ2v) is 3.89. The smallest absolute Gasteiger partial charge is 0.328 e. The van der Waals surface area contributed by atoms with E-state index in [1.54, 1.807) is 24.3 Å². The number of nitrogens with one attached hydrogen (secondary N) is 1. The number of carbonyl (C=O) groups is 2. The molecule has 1 unspecified atom stereocenters. The SMILES string of the molecule is C=CC(Cc1ccccc1)(NCC(=O)O)C(=O)O. The largest absolute Gasteiger partial charge is 0.480 e. The van der Waals surface area contributed by atoms with Crippen molar-refractivity contribution in [3.05, 3.63) is 48.6 Å². The topological polar surface area (TPSA) is 86.6 Å². The molecule has 1 rings (SSSR count). The number of hydrogen-bond acceptors (Lipinski definition) is 3. The Kier molecular flexibility index (Phi) is 4.62. The minimum atomic E-state index is -1.47. The van der Waals surface area contributed by atoms with Crippen LogP contribution in [0.15, 0.2) is 43.0 Å². The third kappa shape index (κ3) is 3.43. The predicted octanol–water partition coefficient (Wildman–Crippen LogP) is 0.913. The highest BCUT2D eigenvalue weighted by Crippen LogP contribution is 2.15. The number of benzene rings is 1. The van der Waals surface area contributed by atoms with Gasteiger partial charge < -0.3 is 10.2 Å². The predicted molar refractivity (Wildman–Crippen MR) is 66.3 cm³/mol. The summed E-state index contributed by atoms with van der Waals surface area (Å²) in [5.74, 6) is -2.27. The van der Waals surface area contributed by atoms with Crippen LogP contribution in [0, 0.1) is 0 Å². The maximum Gasteiger partial charge on any atom is 0.328 e. The molecule has 0 bridgehead atoms. The third-order valence-corrected chi connectivity index (χ3v) is 2.61. The Bertz CT molecular complexity index is 444. The highest BCUT2D eigenvalue weighted by Gasteiger charge is 2.35. The van der Waals surface area contributed by atoms with E-state index in [2.05, 4.69) is 11.9 Å². The molecule has 0 aliphatic heterocycles. The lowest BCUT2D eigenvalue weighted by Gasteiger charge is -2.26. The van der Waals surface area contributed by atoms with Crippen LogP contribution in [0.1, 0.15) is 5.56 Å². The third-order valence-electron chi connectivity index (χ3n) is 2.61. The highest BCUT2D eigenvalue weighted by atomic mass is 16.4. The molecule has 0 saturated carbocycles. The van der Waals surface area contributed by atoms with E-state index in [0.717, 1.165) is 5.56 Å². The van der Waals surface area contributed by atoms with Gasteiger partial charge >= 0.3 is 11.9 Å². The molecule has 0 aliphatic carbocycles. The molecule has 5 heteroatoms. The van der Waals surface area contributed by atoms with Crippen molar-refractivity contribution in [3.63, 3.8) is 0 Å². The van der Waals surface area contributed by atoms with Gasteiger partial charge in [-0.15, -0.1) is 6.58 Å². The first kappa shape index (κ1) is 13.9. The Morgan fingerprint density at radius 3 is 2.33 bits per heavy atom. The van der Waals surface area contributed by atoms with Crippen molar-refractivity contribution < 1.29 is 19.8 Å². The Morgan fingerprint density at radius 2 is 1.89 bits per heavy atom. The quantitative estimate of drug-likeness (QED) is 0.625. The van der Waals surface area contributed by atoms with Crippen LogP contribution in [0.5, 0.6) is 0 Å². The van der Waals surface area contributed by atoms with E-state index in [4.69, 9.17) is 5.11 Å². The van der Waals surface area contributed by atoms with Crippen LogP contribution in [0.2, 0.25) is 0 Å². The first-order valence-electron chi connectivity index (χ1n) is 5.38. The molecule has 0 radical (unpaired) electrons.